The fourth-order valence-corrected chi connectivity index (χ4v) is 2.73. The highest BCUT2D eigenvalue weighted by Gasteiger charge is 2.19. The van der Waals surface area contributed by atoms with Crippen LogP contribution in [0.2, 0.25) is 0 Å². The first-order chi connectivity index (χ1) is 11.9. The lowest BCUT2D eigenvalue weighted by atomic mass is 9.99. The molecule has 0 radical (unpaired) electrons. The van der Waals surface area contributed by atoms with Crippen LogP contribution in [-0.4, -0.2) is 41.3 Å². The number of pyridine rings is 2. The molecular formula is C20H24N4O. The van der Waals surface area contributed by atoms with Crippen LogP contribution < -0.4 is 10.2 Å². The highest BCUT2D eigenvalue weighted by atomic mass is 16.3. The molecule has 0 aliphatic rings. The lowest BCUT2D eigenvalue weighted by Crippen LogP contribution is -2.35. The number of hydrogen-bond donors (Lipinski definition) is 2. The maximum atomic E-state index is 9.60. The second-order valence-electron chi connectivity index (χ2n) is 7.05. The van der Waals surface area contributed by atoms with Gasteiger partial charge in [-0.25, -0.2) is 4.98 Å². The molecule has 3 rings (SSSR count). The van der Waals surface area contributed by atoms with Crippen molar-refractivity contribution in [1.29, 1.82) is 0 Å². The Morgan fingerprint density at radius 2 is 1.80 bits per heavy atom. The van der Waals surface area contributed by atoms with E-state index in [1.165, 1.54) is 0 Å². The smallest absolute Gasteiger partial charge is 0.134 e. The second-order valence-corrected chi connectivity index (χ2v) is 7.05. The fourth-order valence-electron chi connectivity index (χ4n) is 2.73. The monoisotopic (exact) mass is 336 g/mol. The van der Waals surface area contributed by atoms with E-state index in [-0.39, 0.29) is 6.61 Å². The molecule has 0 bridgehead atoms. The third-order valence-corrected chi connectivity index (χ3v) is 4.23. The van der Waals surface area contributed by atoms with Gasteiger partial charge in [-0.1, -0.05) is 6.07 Å². The van der Waals surface area contributed by atoms with Gasteiger partial charge in [0.2, 0.25) is 0 Å². The Labute approximate surface area is 148 Å². The van der Waals surface area contributed by atoms with Crippen LogP contribution in [0, 0.1) is 0 Å². The summed E-state index contributed by atoms with van der Waals surface area (Å²) in [5.41, 5.74) is 2.80. The molecule has 3 aromatic rings. The number of hydrogen-bond acceptors (Lipinski definition) is 5. The molecule has 130 valence electrons. The van der Waals surface area contributed by atoms with E-state index >= 15 is 0 Å². The van der Waals surface area contributed by atoms with E-state index in [0.29, 0.717) is 0 Å². The summed E-state index contributed by atoms with van der Waals surface area (Å²) in [6.45, 7) is 3.93. The minimum atomic E-state index is -0.452. The summed E-state index contributed by atoms with van der Waals surface area (Å²) in [6, 6.07) is 10.3. The second kappa shape index (κ2) is 6.69. The van der Waals surface area contributed by atoms with Crippen molar-refractivity contribution in [3.8, 4) is 11.1 Å². The minimum absolute atomic E-state index is 0.0235. The average molecular weight is 336 g/mol. The van der Waals surface area contributed by atoms with Gasteiger partial charge in [0.1, 0.15) is 5.82 Å². The molecule has 1 aromatic carbocycles. The third kappa shape index (κ3) is 3.56. The van der Waals surface area contributed by atoms with Crippen molar-refractivity contribution >= 4 is 22.3 Å². The zero-order valence-electron chi connectivity index (χ0n) is 15.1. The summed E-state index contributed by atoms with van der Waals surface area (Å²) in [4.78, 5) is 10.8. The van der Waals surface area contributed by atoms with Crippen molar-refractivity contribution in [1.82, 2.24) is 9.97 Å². The third-order valence-electron chi connectivity index (χ3n) is 4.23. The van der Waals surface area contributed by atoms with Gasteiger partial charge < -0.3 is 15.3 Å². The fraction of sp³-hybridized carbons (Fsp3) is 0.300. The minimum Gasteiger partial charge on any atom is -0.394 e. The van der Waals surface area contributed by atoms with Gasteiger partial charge in [-0.3, -0.25) is 4.98 Å². The van der Waals surface area contributed by atoms with Gasteiger partial charge in [0.05, 0.1) is 12.1 Å². The summed E-state index contributed by atoms with van der Waals surface area (Å²) in [6.07, 6.45) is 5.45. The predicted molar refractivity (Wildman–Crippen MR) is 104 cm³/mol. The first-order valence-corrected chi connectivity index (χ1v) is 8.31. The lowest BCUT2D eigenvalue weighted by molar-refractivity contribution is 0.234. The van der Waals surface area contributed by atoms with E-state index in [0.717, 1.165) is 33.4 Å². The van der Waals surface area contributed by atoms with Crippen LogP contribution >= 0.6 is 0 Å². The standard InChI is InChI=1S/C20H24N4O/c1-20(2,13-25)23-19-17-11-15(24(3)4)5-6-16(17)18(12-22-19)14-7-9-21-10-8-14/h5-12,25H,13H2,1-4H3,(H,22,23). The van der Waals surface area contributed by atoms with Crippen LogP contribution in [0.15, 0.2) is 48.9 Å². The molecule has 2 N–H and O–H groups in total. The molecule has 0 spiro atoms. The van der Waals surface area contributed by atoms with Crippen molar-refractivity contribution in [2.75, 3.05) is 30.9 Å². The number of fused-ring (bicyclic) bond motifs is 1. The largest absolute Gasteiger partial charge is 0.394 e. The van der Waals surface area contributed by atoms with E-state index in [9.17, 15) is 5.11 Å². The van der Waals surface area contributed by atoms with Gasteiger partial charge >= 0.3 is 0 Å². The Bertz CT molecular complexity index is 876. The number of nitrogens with one attached hydrogen (secondary N) is 1. The van der Waals surface area contributed by atoms with Gasteiger partial charge in [-0.05, 0) is 49.1 Å². The Hall–Kier alpha value is -2.66. The number of aliphatic hydroxyl groups is 1. The molecule has 5 heteroatoms. The van der Waals surface area contributed by atoms with E-state index in [4.69, 9.17) is 0 Å². The molecule has 0 aliphatic carbocycles. The van der Waals surface area contributed by atoms with Gasteiger partial charge in [0.25, 0.3) is 0 Å². The first kappa shape index (κ1) is 17.2. The molecular weight excluding hydrogens is 312 g/mol. The number of rotatable bonds is 5. The van der Waals surface area contributed by atoms with E-state index in [2.05, 4.69) is 38.4 Å². The van der Waals surface area contributed by atoms with Crippen molar-refractivity contribution < 1.29 is 5.11 Å². The van der Waals surface area contributed by atoms with Crippen molar-refractivity contribution in [2.45, 2.75) is 19.4 Å². The maximum Gasteiger partial charge on any atom is 0.134 e. The zero-order chi connectivity index (χ0) is 18.0. The van der Waals surface area contributed by atoms with Gasteiger partial charge in [-0.2, -0.15) is 0 Å². The molecule has 0 aliphatic heterocycles. The van der Waals surface area contributed by atoms with Crippen molar-refractivity contribution in [3.63, 3.8) is 0 Å². The SMILES string of the molecule is CN(C)c1ccc2c(-c3ccncc3)cnc(NC(C)(C)CO)c2c1. The number of aliphatic hydroxyl groups excluding tert-OH is 1. The molecule has 2 heterocycles. The molecule has 0 atom stereocenters. The topological polar surface area (TPSA) is 61.3 Å². The summed E-state index contributed by atoms with van der Waals surface area (Å²) >= 11 is 0. The normalized spacial score (nSPS) is 11.6. The molecule has 2 aromatic heterocycles. The predicted octanol–water partition coefficient (Wildman–Crippen LogP) is 3.55. The van der Waals surface area contributed by atoms with Crippen LogP contribution in [0.1, 0.15) is 13.8 Å². The number of nitrogens with zero attached hydrogens (tertiary/aromatic N) is 3. The van der Waals surface area contributed by atoms with E-state index in [1.54, 1.807) is 12.4 Å². The van der Waals surface area contributed by atoms with E-state index in [1.807, 2.05) is 46.3 Å². The van der Waals surface area contributed by atoms with Crippen LogP contribution in [0.4, 0.5) is 11.5 Å². The zero-order valence-corrected chi connectivity index (χ0v) is 15.1. The molecule has 0 amide bonds. The number of aromatic nitrogens is 2. The summed E-state index contributed by atoms with van der Waals surface area (Å²) in [5.74, 6) is 0.774. The Morgan fingerprint density at radius 1 is 1.08 bits per heavy atom. The average Bonchev–Trinajstić information content (AvgIpc) is 2.62. The van der Waals surface area contributed by atoms with Crippen LogP contribution in [-0.2, 0) is 0 Å². The molecule has 5 nitrogen and oxygen atoms in total. The lowest BCUT2D eigenvalue weighted by Gasteiger charge is -2.26. The molecule has 0 saturated heterocycles. The summed E-state index contributed by atoms with van der Waals surface area (Å²) < 4.78 is 0. The van der Waals surface area contributed by atoms with Crippen molar-refractivity contribution in [2.24, 2.45) is 0 Å². The highest BCUT2D eigenvalue weighted by molar-refractivity contribution is 6.03. The van der Waals surface area contributed by atoms with Crippen LogP contribution in [0.25, 0.3) is 21.9 Å². The van der Waals surface area contributed by atoms with Gasteiger partial charge in [0.15, 0.2) is 0 Å². The first-order valence-electron chi connectivity index (χ1n) is 8.31. The molecule has 0 saturated carbocycles. The summed E-state index contributed by atoms with van der Waals surface area (Å²) in [7, 11) is 4.04. The molecule has 25 heavy (non-hydrogen) atoms. The van der Waals surface area contributed by atoms with Crippen LogP contribution in [0.3, 0.4) is 0 Å². The Balaban J connectivity index is 2.22. The van der Waals surface area contributed by atoms with Gasteiger partial charge in [-0.15, -0.1) is 0 Å². The maximum absolute atomic E-state index is 9.60. The Morgan fingerprint density at radius 3 is 2.44 bits per heavy atom. The van der Waals surface area contributed by atoms with Crippen LogP contribution in [0.5, 0.6) is 0 Å². The number of benzene rings is 1. The highest BCUT2D eigenvalue weighted by Crippen LogP contribution is 2.34. The summed E-state index contributed by atoms with van der Waals surface area (Å²) in [5, 5.41) is 15.1. The molecule has 0 unspecified atom stereocenters. The Kier molecular flexibility index (Phi) is 4.59. The van der Waals surface area contributed by atoms with Gasteiger partial charge in [0, 0.05) is 49.3 Å². The number of anilines is 2. The quantitative estimate of drug-likeness (QED) is 0.746. The molecule has 0 fully saturated rings. The van der Waals surface area contributed by atoms with E-state index < -0.39 is 5.54 Å². The van der Waals surface area contributed by atoms with Crippen molar-refractivity contribution in [3.05, 3.63) is 48.9 Å².